The molecular formula is C11H16N2O2. The van der Waals surface area contributed by atoms with Crippen LogP contribution in [0.1, 0.15) is 17.3 Å². The van der Waals surface area contributed by atoms with Crippen molar-refractivity contribution in [2.75, 3.05) is 31.3 Å². The summed E-state index contributed by atoms with van der Waals surface area (Å²) in [6.45, 7) is 2.14. The van der Waals surface area contributed by atoms with Crippen molar-refractivity contribution in [3.05, 3.63) is 23.8 Å². The van der Waals surface area contributed by atoms with Crippen molar-refractivity contribution < 1.29 is 9.53 Å². The first kappa shape index (κ1) is 11.4. The molecule has 15 heavy (non-hydrogen) atoms. The Hall–Kier alpha value is -1.71. The van der Waals surface area contributed by atoms with Crippen LogP contribution in [0, 0.1) is 0 Å². The summed E-state index contributed by atoms with van der Waals surface area (Å²) < 4.78 is 4.95. The first-order chi connectivity index (χ1) is 7.07. The van der Waals surface area contributed by atoms with Crippen LogP contribution in [0.4, 0.5) is 11.4 Å². The van der Waals surface area contributed by atoms with Crippen LogP contribution in [0.25, 0.3) is 0 Å². The second-order valence-electron chi connectivity index (χ2n) is 3.36. The lowest BCUT2D eigenvalue weighted by atomic mass is 10.1. The van der Waals surface area contributed by atoms with Gasteiger partial charge in [-0.15, -0.1) is 0 Å². The van der Waals surface area contributed by atoms with E-state index in [0.29, 0.717) is 23.5 Å². The number of ether oxygens (including phenoxy) is 1. The van der Waals surface area contributed by atoms with Gasteiger partial charge in [-0.2, -0.15) is 0 Å². The van der Waals surface area contributed by atoms with E-state index in [0.717, 1.165) is 0 Å². The molecule has 0 unspecified atom stereocenters. The first-order valence-corrected chi connectivity index (χ1v) is 4.80. The predicted molar refractivity (Wildman–Crippen MR) is 61.1 cm³/mol. The van der Waals surface area contributed by atoms with Gasteiger partial charge in [0.2, 0.25) is 0 Å². The molecule has 1 rings (SSSR count). The molecule has 0 aromatic heterocycles. The largest absolute Gasteiger partial charge is 0.462 e. The van der Waals surface area contributed by atoms with Crippen LogP contribution in [-0.4, -0.2) is 26.7 Å². The molecule has 0 bridgehead atoms. The van der Waals surface area contributed by atoms with Crippen molar-refractivity contribution in [2.45, 2.75) is 6.92 Å². The number of nitrogen functional groups attached to an aromatic ring is 1. The predicted octanol–water partition coefficient (Wildman–Crippen LogP) is 1.51. The maximum atomic E-state index is 11.6. The highest BCUT2D eigenvalue weighted by Gasteiger charge is 2.15. The van der Waals surface area contributed by atoms with E-state index < -0.39 is 0 Å². The third-order valence-corrected chi connectivity index (χ3v) is 2.01. The molecule has 0 aliphatic carbocycles. The quantitative estimate of drug-likeness (QED) is 0.604. The van der Waals surface area contributed by atoms with E-state index in [4.69, 9.17) is 10.5 Å². The van der Waals surface area contributed by atoms with Crippen molar-refractivity contribution in [3.8, 4) is 0 Å². The average Bonchev–Trinajstić information content (AvgIpc) is 2.17. The highest BCUT2D eigenvalue weighted by atomic mass is 16.5. The molecule has 1 aromatic carbocycles. The lowest BCUT2D eigenvalue weighted by Gasteiger charge is -2.18. The summed E-state index contributed by atoms with van der Waals surface area (Å²) >= 11 is 0. The molecule has 82 valence electrons. The molecule has 0 heterocycles. The van der Waals surface area contributed by atoms with E-state index in [1.54, 1.807) is 25.1 Å². The molecule has 0 saturated carbocycles. The number of benzene rings is 1. The van der Waals surface area contributed by atoms with E-state index in [1.807, 2.05) is 19.0 Å². The normalized spacial score (nSPS) is 9.80. The van der Waals surface area contributed by atoms with Crippen LogP contribution >= 0.6 is 0 Å². The zero-order valence-electron chi connectivity index (χ0n) is 9.28. The minimum atomic E-state index is -0.339. The van der Waals surface area contributed by atoms with Gasteiger partial charge in [0.05, 0.1) is 23.5 Å². The fraction of sp³-hybridized carbons (Fsp3) is 0.364. The standard InChI is InChI=1S/C11H16N2O2/c1-4-15-11(14)8-6-5-7-9(12)10(8)13(2)3/h5-7H,4,12H2,1-3H3. The summed E-state index contributed by atoms with van der Waals surface area (Å²) in [6.07, 6.45) is 0. The van der Waals surface area contributed by atoms with Crippen LogP contribution in [0.5, 0.6) is 0 Å². The summed E-state index contributed by atoms with van der Waals surface area (Å²) in [7, 11) is 3.68. The van der Waals surface area contributed by atoms with Gasteiger partial charge in [-0.25, -0.2) is 4.79 Å². The third kappa shape index (κ3) is 2.40. The minimum Gasteiger partial charge on any atom is -0.462 e. The molecule has 4 heteroatoms. The average molecular weight is 208 g/mol. The molecule has 0 atom stereocenters. The van der Waals surface area contributed by atoms with Gasteiger partial charge in [-0.05, 0) is 19.1 Å². The minimum absolute atomic E-state index is 0.339. The van der Waals surface area contributed by atoms with Crippen LogP contribution in [0.2, 0.25) is 0 Å². The lowest BCUT2D eigenvalue weighted by Crippen LogP contribution is -2.17. The molecule has 0 spiro atoms. The van der Waals surface area contributed by atoms with Crippen molar-refractivity contribution in [1.29, 1.82) is 0 Å². The van der Waals surface area contributed by atoms with Gasteiger partial charge in [0.1, 0.15) is 0 Å². The number of nitrogens with two attached hydrogens (primary N) is 1. The third-order valence-electron chi connectivity index (χ3n) is 2.01. The van der Waals surface area contributed by atoms with Crippen LogP contribution in [0.3, 0.4) is 0 Å². The van der Waals surface area contributed by atoms with Gasteiger partial charge in [-0.1, -0.05) is 6.07 Å². The number of carbonyl (C=O) groups excluding carboxylic acids is 1. The molecule has 0 aliphatic rings. The lowest BCUT2D eigenvalue weighted by molar-refractivity contribution is 0.0527. The molecule has 4 nitrogen and oxygen atoms in total. The van der Waals surface area contributed by atoms with Gasteiger partial charge in [0.25, 0.3) is 0 Å². The molecule has 0 aliphatic heterocycles. The SMILES string of the molecule is CCOC(=O)c1cccc(N)c1N(C)C. The zero-order chi connectivity index (χ0) is 11.4. The highest BCUT2D eigenvalue weighted by Crippen LogP contribution is 2.26. The van der Waals surface area contributed by atoms with E-state index in [-0.39, 0.29) is 5.97 Å². The Kier molecular flexibility index (Phi) is 3.55. The van der Waals surface area contributed by atoms with E-state index >= 15 is 0 Å². The molecule has 0 amide bonds. The van der Waals surface area contributed by atoms with Gasteiger partial charge in [0, 0.05) is 14.1 Å². The molecule has 0 saturated heterocycles. The fourth-order valence-corrected chi connectivity index (χ4v) is 1.43. The summed E-state index contributed by atoms with van der Waals surface area (Å²) in [4.78, 5) is 13.4. The number of hydrogen-bond acceptors (Lipinski definition) is 4. The number of hydrogen-bond donors (Lipinski definition) is 1. The summed E-state index contributed by atoms with van der Waals surface area (Å²) in [5.41, 5.74) is 7.59. The first-order valence-electron chi connectivity index (χ1n) is 4.80. The molecular weight excluding hydrogens is 192 g/mol. The van der Waals surface area contributed by atoms with Gasteiger partial charge in [0.15, 0.2) is 0 Å². The van der Waals surface area contributed by atoms with Crippen LogP contribution < -0.4 is 10.6 Å². The number of esters is 1. The highest BCUT2D eigenvalue weighted by molar-refractivity contribution is 5.99. The molecule has 1 aromatic rings. The van der Waals surface area contributed by atoms with Crippen LogP contribution in [-0.2, 0) is 4.74 Å². The van der Waals surface area contributed by atoms with Crippen LogP contribution in [0.15, 0.2) is 18.2 Å². The molecule has 0 fully saturated rings. The van der Waals surface area contributed by atoms with Gasteiger partial charge < -0.3 is 15.4 Å². The maximum Gasteiger partial charge on any atom is 0.340 e. The van der Waals surface area contributed by atoms with Gasteiger partial charge >= 0.3 is 5.97 Å². The monoisotopic (exact) mass is 208 g/mol. The Morgan fingerprint density at radius 3 is 2.67 bits per heavy atom. The fourth-order valence-electron chi connectivity index (χ4n) is 1.43. The smallest absolute Gasteiger partial charge is 0.340 e. The maximum absolute atomic E-state index is 11.6. The molecule has 0 radical (unpaired) electrons. The number of anilines is 2. The van der Waals surface area contributed by atoms with E-state index in [9.17, 15) is 4.79 Å². The topological polar surface area (TPSA) is 55.6 Å². The number of rotatable bonds is 3. The second kappa shape index (κ2) is 4.68. The second-order valence-corrected chi connectivity index (χ2v) is 3.36. The Morgan fingerprint density at radius 2 is 2.13 bits per heavy atom. The number of para-hydroxylation sites is 1. The number of carbonyl (C=O) groups is 1. The van der Waals surface area contributed by atoms with E-state index in [1.165, 1.54) is 0 Å². The van der Waals surface area contributed by atoms with E-state index in [2.05, 4.69) is 0 Å². The Bertz CT molecular complexity index is 362. The summed E-state index contributed by atoms with van der Waals surface area (Å²) in [5.74, 6) is -0.339. The van der Waals surface area contributed by atoms with Gasteiger partial charge in [-0.3, -0.25) is 0 Å². The summed E-state index contributed by atoms with van der Waals surface area (Å²) in [6, 6.07) is 5.22. The van der Waals surface area contributed by atoms with Crippen molar-refractivity contribution in [1.82, 2.24) is 0 Å². The molecule has 2 N–H and O–H groups in total. The number of nitrogens with zero attached hydrogens (tertiary/aromatic N) is 1. The van der Waals surface area contributed by atoms with Crippen molar-refractivity contribution in [3.63, 3.8) is 0 Å². The van der Waals surface area contributed by atoms with Crippen molar-refractivity contribution in [2.24, 2.45) is 0 Å². The van der Waals surface area contributed by atoms with Crippen molar-refractivity contribution >= 4 is 17.3 Å². The Labute approximate surface area is 89.6 Å². The Morgan fingerprint density at radius 1 is 1.47 bits per heavy atom. The Balaban J connectivity index is 3.17. The summed E-state index contributed by atoms with van der Waals surface area (Å²) in [5, 5.41) is 0. The zero-order valence-corrected chi connectivity index (χ0v) is 9.28.